The molecule has 0 heterocycles. The molecule has 3 nitrogen and oxygen atoms in total. The lowest BCUT2D eigenvalue weighted by molar-refractivity contribution is 0.0789. The van der Waals surface area contributed by atoms with E-state index in [0.29, 0.717) is 5.56 Å². The number of aryl methyl sites for hydroxylation is 1. The van der Waals surface area contributed by atoms with Gasteiger partial charge in [0.25, 0.3) is 5.91 Å². The number of benzene rings is 1. The number of hydrogen-bond acceptors (Lipinski definition) is 2. The van der Waals surface area contributed by atoms with Gasteiger partial charge in [0.1, 0.15) is 5.75 Å². The van der Waals surface area contributed by atoms with Crippen LogP contribution in [0.25, 0.3) is 0 Å². The standard InChI is InChI=1S/C14H21NO2/c1-4-5-6-9-15(3)14(17)12-10-11(2)7-8-13(12)16/h7-8,10,16H,4-6,9H2,1-3H3. The first-order chi connectivity index (χ1) is 8.06. The van der Waals surface area contributed by atoms with Crippen LogP contribution >= 0.6 is 0 Å². The highest BCUT2D eigenvalue weighted by molar-refractivity contribution is 5.96. The van der Waals surface area contributed by atoms with Crippen LogP contribution in [0.15, 0.2) is 18.2 Å². The van der Waals surface area contributed by atoms with Crippen LogP contribution in [0.1, 0.15) is 42.1 Å². The van der Waals surface area contributed by atoms with Crippen LogP contribution in [0.4, 0.5) is 0 Å². The van der Waals surface area contributed by atoms with Crippen LogP contribution in [-0.2, 0) is 0 Å². The van der Waals surface area contributed by atoms with E-state index < -0.39 is 0 Å². The highest BCUT2D eigenvalue weighted by atomic mass is 16.3. The number of carbonyl (C=O) groups excluding carboxylic acids is 1. The van der Waals surface area contributed by atoms with Gasteiger partial charge in [0.2, 0.25) is 0 Å². The molecule has 94 valence electrons. The van der Waals surface area contributed by atoms with Crippen molar-refractivity contribution in [2.24, 2.45) is 0 Å². The average Bonchev–Trinajstić information content (AvgIpc) is 2.31. The number of aromatic hydroxyl groups is 1. The van der Waals surface area contributed by atoms with Crippen LogP contribution in [-0.4, -0.2) is 29.5 Å². The molecule has 0 spiro atoms. The van der Waals surface area contributed by atoms with Gasteiger partial charge in [-0.25, -0.2) is 0 Å². The van der Waals surface area contributed by atoms with Crippen molar-refractivity contribution in [1.29, 1.82) is 0 Å². The Balaban J connectivity index is 2.71. The second-order valence-corrected chi connectivity index (χ2v) is 4.45. The molecule has 0 atom stereocenters. The first-order valence-electron chi connectivity index (χ1n) is 6.11. The molecule has 17 heavy (non-hydrogen) atoms. The van der Waals surface area contributed by atoms with Crippen molar-refractivity contribution in [3.05, 3.63) is 29.3 Å². The van der Waals surface area contributed by atoms with E-state index in [-0.39, 0.29) is 11.7 Å². The first-order valence-corrected chi connectivity index (χ1v) is 6.11. The fourth-order valence-corrected chi connectivity index (χ4v) is 1.73. The molecule has 0 unspecified atom stereocenters. The molecule has 0 bridgehead atoms. The lowest BCUT2D eigenvalue weighted by Crippen LogP contribution is -2.27. The number of phenols is 1. The van der Waals surface area contributed by atoms with Gasteiger partial charge in [0.05, 0.1) is 5.56 Å². The Morgan fingerprint density at radius 3 is 2.71 bits per heavy atom. The summed E-state index contributed by atoms with van der Waals surface area (Å²) in [5.41, 5.74) is 1.37. The Hall–Kier alpha value is -1.51. The maximum atomic E-state index is 12.1. The quantitative estimate of drug-likeness (QED) is 0.797. The minimum Gasteiger partial charge on any atom is -0.507 e. The summed E-state index contributed by atoms with van der Waals surface area (Å²) in [5.74, 6) is -0.0507. The van der Waals surface area contributed by atoms with Gasteiger partial charge in [-0.15, -0.1) is 0 Å². The summed E-state index contributed by atoms with van der Waals surface area (Å²) < 4.78 is 0. The summed E-state index contributed by atoms with van der Waals surface area (Å²) in [4.78, 5) is 13.7. The van der Waals surface area contributed by atoms with Crippen molar-refractivity contribution in [2.75, 3.05) is 13.6 Å². The smallest absolute Gasteiger partial charge is 0.257 e. The molecular formula is C14H21NO2. The lowest BCUT2D eigenvalue weighted by atomic mass is 10.1. The third kappa shape index (κ3) is 3.77. The maximum absolute atomic E-state index is 12.1. The summed E-state index contributed by atoms with van der Waals surface area (Å²) in [7, 11) is 1.78. The largest absolute Gasteiger partial charge is 0.507 e. The van der Waals surface area contributed by atoms with Gasteiger partial charge in [-0.05, 0) is 25.5 Å². The van der Waals surface area contributed by atoms with Gasteiger partial charge in [0, 0.05) is 13.6 Å². The molecule has 0 aromatic heterocycles. The van der Waals surface area contributed by atoms with Crippen molar-refractivity contribution in [3.63, 3.8) is 0 Å². The van der Waals surface area contributed by atoms with E-state index in [9.17, 15) is 9.90 Å². The van der Waals surface area contributed by atoms with Gasteiger partial charge in [0.15, 0.2) is 0 Å². The van der Waals surface area contributed by atoms with E-state index in [4.69, 9.17) is 0 Å². The molecule has 1 N–H and O–H groups in total. The van der Waals surface area contributed by atoms with Crippen molar-refractivity contribution >= 4 is 5.91 Å². The number of carbonyl (C=O) groups is 1. The van der Waals surface area contributed by atoms with Crippen LogP contribution in [0.2, 0.25) is 0 Å². The number of unbranched alkanes of at least 4 members (excludes halogenated alkanes) is 2. The Morgan fingerprint density at radius 1 is 1.35 bits per heavy atom. The molecule has 0 aliphatic carbocycles. The number of phenolic OH excluding ortho intramolecular Hbond substituents is 1. The molecule has 3 heteroatoms. The summed E-state index contributed by atoms with van der Waals surface area (Å²) >= 11 is 0. The maximum Gasteiger partial charge on any atom is 0.257 e. The normalized spacial score (nSPS) is 10.3. The highest BCUT2D eigenvalue weighted by Crippen LogP contribution is 2.19. The zero-order valence-corrected chi connectivity index (χ0v) is 10.9. The molecule has 0 aliphatic heterocycles. The van der Waals surface area contributed by atoms with E-state index in [2.05, 4.69) is 6.92 Å². The van der Waals surface area contributed by atoms with Crippen molar-refractivity contribution < 1.29 is 9.90 Å². The summed E-state index contributed by atoms with van der Waals surface area (Å²) in [5, 5.41) is 9.68. The number of rotatable bonds is 5. The fraction of sp³-hybridized carbons (Fsp3) is 0.500. The Morgan fingerprint density at radius 2 is 2.06 bits per heavy atom. The van der Waals surface area contributed by atoms with Crippen LogP contribution in [0.5, 0.6) is 5.75 Å². The van der Waals surface area contributed by atoms with Gasteiger partial charge in [-0.1, -0.05) is 31.4 Å². The molecule has 1 amide bonds. The topological polar surface area (TPSA) is 40.5 Å². The summed E-state index contributed by atoms with van der Waals surface area (Å²) in [6.07, 6.45) is 3.26. The summed E-state index contributed by atoms with van der Waals surface area (Å²) in [6, 6.07) is 5.10. The molecule has 1 aromatic rings. The average molecular weight is 235 g/mol. The molecule has 0 fully saturated rings. The molecule has 0 radical (unpaired) electrons. The van der Waals surface area contributed by atoms with Crippen molar-refractivity contribution in [2.45, 2.75) is 33.1 Å². The molecule has 0 saturated carbocycles. The molecule has 1 aromatic carbocycles. The predicted molar refractivity (Wildman–Crippen MR) is 69.3 cm³/mol. The summed E-state index contributed by atoms with van der Waals surface area (Å²) in [6.45, 7) is 4.78. The van der Waals surface area contributed by atoms with Crippen LogP contribution in [0, 0.1) is 6.92 Å². The fourth-order valence-electron chi connectivity index (χ4n) is 1.73. The molecule has 1 rings (SSSR count). The monoisotopic (exact) mass is 235 g/mol. The van der Waals surface area contributed by atoms with Gasteiger partial charge >= 0.3 is 0 Å². The molecule has 0 saturated heterocycles. The van der Waals surface area contributed by atoms with E-state index in [1.807, 2.05) is 6.92 Å². The van der Waals surface area contributed by atoms with E-state index in [1.54, 1.807) is 30.1 Å². The van der Waals surface area contributed by atoms with E-state index in [1.165, 1.54) is 0 Å². The Kier molecular flexibility index (Phi) is 5.01. The second-order valence-electron chi connectivity index (χ2n) is 4.45. The first kappa shape index (κ1) is 13.6. The number of hydrogen-bond donors (Lipinski definition) is 1. The molecular weight excluding hydrogens is 214 g/mol. The molecule has 0 aliphatic rings. The van der Waals surface area contributed by atoms with Gasteiger partial charge < -0.3 is 10.0 Å². The predicted octanol–water partition coefficient (Wildman–Crippen LogP) is 2.96. The lowest BCUT2D eigenvalue weighted by Gasteiger charge is -2.17. The van der Waals surface area contributed by atoms with E-state index >= 15 is 0 Å². The van der Waals surface area contributed by atoms with Gasteiger partial charge in [-0.2, -0.15) is 0 Å². The van der Waals surface area contributed by atoms with Crippen LogP contribution < -0.4 is 0 Å². The highest BCUT2D eigenvalue weighted by Gasteiger charge is 2.15. The zero-order valence-electron chi connectivity index (χ0n) is 10.9. The SMILES string of the molecule is CCCCCN(C)C(=O)c1cc(C)ccc1O. The Bertz CT molecular complexity index is 388. The zero-order chi connectivity index (χ0) is 12.8. The third-order valence-electron chi connectivity index (χ3n) is 2.83. The number of nitrogens with zero attached hydrogens (tertiary/aromatic N) is 1. The van der Waals surface area contributed by atoms with E-state index in [0.717, 1.165) is 31.4 Å². The van der Waals surface area contributed by atoms with Gasteiger partial charge in [-0.3, -0.25) is 4.79 Å². The Labute approximate surface area is 103 Å². The second kappa shape index (κ2) is 6.28. The van der Waals surface area contributed by atoms with Crippen LogP contribution in [0.3, 0.4) is 0 Å². The third-order valence-corrected chi connectivity index (χ3v) is 2.83. The van der Waals surface area contributed by atoms with Crippen molar-refractivity contribution in [1.82, 2.24) is 4.90 Å². The minimum atomic E-state index is -0.109. The minimum absolute atomic E-state index is 0.0583. The number of amides is 1. The van der Waals surface area contributed by atoms with Crippen molar-refractivity contribution in [3.8, 4) is 5.75 Å².